The first kappa shape index (κ1) is 26.1. The van der Waals surface area contributed by atoms with Gasteiger partial charge >= 0.3 is 0 Å². The number of thiocarbonyl (C=S) groups is 1. The summed E-state index contributed by atoms with van der Waals surface area (Å²) in [5, 5.41) is 2.49. The van der Waals surface area contributed by atoms with Crippen LogP contribution in [0, 0.1) is 0 Å². The predicted molar refractivity (Wildman–Crippen MR) is 133 cm³/mol. The molecule has 0 fully saturated rings. The molecular formula is C25H33N3O4S. The maximum absolute atomic E-state index is 12.3. The summed E-state index contributed by atoms with van der Waals surface area (Å²) in [7, 11) is 0. The van der Waals surface area contributed by atoms with Crippen molar-refractivity contribution in [3.63, 3.8) is 0 Å². The third-order valence-corrected chi connectivity index (χ3v) is 5.31. The maximum atomic E-state index is 12.3. The van der Waals surface area contributed by atoms with Gasteiger partial charge in [-0.3, -0.25) is 25.8 Å². The van der Waals surface area contributed by atoms with Gasteiger partial charge in [0.1, 0.15) is 11.5 Å². The lowest BCUT2D eigenvalue weighted by Gasteiger charge is -2.12. The molecule has 0 spiro atoms. The Hall–Kier alpha value is -3.13. The summed E-state index contributed by atoms with van der Waals surface area (Å²) in [5.41, 5.74) is 6.55. The molecule has 0 saturated carbocycles. The van der Waals surface area contributed by atoms with Crippen LogP contribution in [-0.2, 0) is 4.79 Å². The summed E-state index contributed by atoms with van der Waals surface area (Å²) >= 11 is 5.06. The number of nitrogens with one attached hydrogen (secondary N) is 3. The summed E-state index contributed by atoms with van der Waals surface area (Å²) in [4.78, 5) is 24.3. The molecule has 0 bridgehead atoms. The molecule has 8 heteroatoms. The molecule has 0 aliphatic heterocycles. The average Bonchev–Trinajstić information content (AvgIpc) is 2.84. The Labute approximate surface area is 201 Å². The quantitative estimate of drug-likeness (QED) is 0.254. The largest absolute Gasteiger partial charge is 0.494 e. The fraction of sp³-hybridized carbons (Fsp3) is 0.400. The number of hydrogen-bond acceptors (Lipinski definition) is 5. The van der Waals surface area contributed by atoms with Crippen LogP contribution in [-0.4, -0.2) is 30.1 Å². The van der Waals surface area contributed by atoms with Crippen LogP contribution < -0.4 is 25.6 Å². The van der Waals surface area contributed by atoms with Crippen LogP contribution in [0.25, 0.3) is 0 Å². The van der Waals surface area contributed by atoms with Gasteiger partial charge in [0.2, 0.25) is 0 Å². The fourth-order valence-electron chi connectivity index (χ4n) is 2.89. The topological polar surface area (TPSA) is 88.7 Å². The molecular weight excluding hydrogens is 438 g/mol. The highest BCUT2D eigenvalue weighted by Gasteiger charge is 2.10. The first-order chi connectivity index (χ1) is 15.9. The van der Waals surface area contributed by atoms with Crippen molar-refractivity contribution < 1.29 is 19.1 Å². The highest BCUT2D eigenvalue weighted by molar-refractivity contribution is 7.80. The fourth-order valence-corrected chi connectivity index (χ4v) is 3.03. The molecule has 0 heterocycles. The monoisotopic (exact) mass is 471 g/mol. The first-order valence-electron chi connectivity index (χ1n) is 11.3. The van der Waals surface area contributed by atoms with E-state index in [4.69, 9.17) is 21.7 Å². The van der Waals surface area contributed by atoms with Crippen LogP contribution in [0.15, 0.2) is 48.5 Å². The van der Waals surface area contributed by atoms with E-state index in [1.54, 1.807) is 24.3 Å². The molecule has 178 valence electrons. The highest BCUT2D eigenvalue weighted by atomic mass is 32.1. The number of amides is 2. The lowest BCUT2D eigenvalue weighted by molar-refractivity contribution is -0.123. The van der Waals surface area contributed by atoms with Crippen LogP contribution in [0.1, 0.15) is 68.3 Å². The number of rotatable bonds is 11. The summed E-state index contributed by atoms with van der Waals surface area (Å²) < 4.78 is 11.1. The van der Waals surface area contributed by atoms with Crippen molar-refractivity contribution >= 4 is 29.1 Å². The van der Waals surface area contributed by atoms with Gasteiger partial charge in [0.15, 0.2) is 11.7 Å². The van der Waals surface area contributed by atoms with Gasteiger partial charge < -0.3 is 9.47 Å². The Morgan fingerprint density at radius 1 is 0.909 bits per heavy atom. The highest BCUT2D eigenvalue weighted by Crippen LogP contribution is 2.21. The molecule has 3 N–H and O–H groups in total. The van der Waals surface area contributed by atoms with Crippen molar-refractivity contribution in [1.82, 2.24) is 16.2 Å². The predicted octanol–water partition coefficient (Wildman–Crippen LogP) is 4.48. The summed E-state index contributed by atoms with van der Waals surface area (Å²) in [6.45, 7) is 6.90. The van der Waals surface area contributed by atoms with E-state index in [1.807, 2.05) is 24.3 Å². The van der Waals surface area contributed by atoms with Crippen LogP contribution in [0.2, 0.25) is 0 Å². The zero-order valence-corrected chi connectivity index (χ0v) is 20.3. The van der Waals surface area contributed by atoms with E-state index in [0.717, 1.165) is 25.7 Å². The van der Waals surface area contributed by atoms with Gasteiger partial charge in [0, 0.05) is 5.56 Å². The Morgan fingerprint density at radius 2 is 1.55 bits per heavy atom. The van der Waals surface area contributed by atoms with Crippen molar-refractivity contribution in [1.29, 1.82) is 0 Å². The Balaban J connectivity index is 1.69. The van der Waals surface area contributed by atoms with Crippen molar-refractivity contribution in [3.8, 4) is 11.5 Å². The molecule has 2 aromatic carbocycles. The van der Waals surface area contributed by atoms with Gasteiger partial charge in [-0.25, -0.2) is 0 Å². The Bertz CT molecular complexity index is 901. The number of benzene rings is 2. The van der Waals surface area contributed by atoms with Crippen LogP contribution in [0.3, 0.4) is 0 Å². The third-order valence-electron chi connectivity index (χ3n) is 5.11. The van der Waals surface area contributed by atoms with Gasteiger partial charge in [0.25, 0.3) is 11.8 Å². The van der Waals surface area contributed by atoms with Gasteiger partial charge in [-0.05, 0) is 72.9 Å². The van der Waals surface area contributed by atoms with E-state index < -0.39 is 11.8 Å². The minimum atomic E-state index is -0.429. The second-order valence-electron chi connectivity index (χ2n) is 7.70. The smallest absolute Gasteiger partial charge is 0.276 e. The minimum Gasteiger partial charge on any atom is -0.494 e. The van der Waals surface area contributed by atoms with Crippen molar-refractivity contribution in [2.45, 2.75) is 52.4 Å². The number of hydrazine groups is 1. The van der Waals surface area contributed by atoms with E-state index >= 15 is 0 Å². The SMILES string of the molecule is CCCCCOc1ccc(C(=O)NC(=S)NNC(=O)COc2ccc(C(C)CC)cc2)cc1. The number of ether oxygens (including phenoxy) is 2. The second-order valence-corrected chi connectivity index (χ2v) is 8.11. The molecule has 1 unspecified atom stereocenters. The van der Waals surface area contributed by atoms with Crippen molar-refractivity contribution in [2.24, 2.45) is 0 Å². The molecule has 33 heavy (non-hydrogen) atoms. The van der Waals surface area contributed by atoms with Gasteiger partial charge in [-0.2, -0.15) is 0 Å². The van der Waals surface area contributed by atoms with E-state index in [1.165, 1.54) is 5.56 Å². The molecule has 1 atom stereocenters. The summed E-state index contributed by atoms with van der Waals surface area (Å²) in [5.74, 6) is 0.972. The van der Waals surface area contributed by atoms with Crippen LogP contribution in [0.5, 0.6) is 11.5 Å². The zero-order chi connectivity index (χ0) is 24.1. The standard InChI is InChI=1S/C25H33N3O4S/c1-4-6-7-16-31-21-14-10-20(11-15-21)24(30)26-25(33)28-27-23(29)17-32-22-12-8-19(9-13-22)18(3)5-2/h8-15,18H,4-7,16-17H2,1-3H3,(H,27,29)(H2,26,28,30,33). The average molecular weight is 472 g/mol. The molecule has 0 radical (unpaired) electrons. The summed E-state index contributed by atoms with van der Waals surface area (Å²) in [6.07, 6.45) is 4.32. The Kier molecular flexibility index (Phi) is 11.2. The zero-order valence-electron chi connectivity index (χ0n) is 19.5. The minimum absolute atomic E-state index is 0.0221. The number of carbonyl (C=O) groups excluding carboxylic acids is 2. The van der Waals surface area contributed by atoms with E-state index in [0.29, 0.717) is 29.6 Å². The van der Waals surface area contributed by atoms with E-state index in [-0.39, 0.29) is 11.7 Å². The third kappa shape index (κ3) is 9.49. The molecule has 0 saturated heterocycles. The van der Waals surface area contributed by atoms with E-state index in [2.05, 4.69) is 36.9 Å². The molecule has 0 aliphatic carbocycles. The molecule has 7 nitrogen and oxygen atoms in total. The number of unbranched alkanes of at least 4 members (excludes halogenated alkanes) is 2. The van der Waals surface area contributed by atoms with E-state index in [9.17, 15) is 9.59 Å². The van der Waals surface area contributed by atoms with Gasteiger partial charge in [0.05, 0.1) is 6.61 Å². The molecule has 0 aliphatic rings. The Morgan fingerprint density at radius 3 is 2.18 bits per heavy atom. The van der Waals surface area contributed by atoms with Gasteiger partial charge in [-0.1, -0.05) is 45.7 Å². The number of hydrogen-bond donors (Lipinski definition) is 3. The second kappa shape index (κ2) is 14.1. The molecule has 2 aromatic rings. The molecule has 2 rings (SSSR count). The lowest BCUT2D eigenvalue weighted by Crippen LogP contribution is -2.49. The van der Waals surface area contributed by atoms with Crippen molar-refractivity contribution in [3.05, 3.63) is 59.7 Å². The van der Waals surface area contributed by atoms with Crippen LogP contribution in [0.4, 0.5) is 0 Å². The number of carbonyl (C=O) groups is 2. The first-order valence-corrected chi connectivity index (χ1v) is 11.7. The van der Waals surface area contributed by atoms with Crippen LogP contribution >= 0.6 is 12.2 Å². The summed E-state index contributed by atoms with van der Waals surface area (Å²) in [6, 6.07) is 14.5. The normalized spacial score (nSPS) is 11.2. The van der Waals surface area contributed by atoms with Gasteiger partial charge in [-0.15, -0.1) is 0 Å². The van der Waals surface area contributed by atoms with Crippen molar-refractivity contribution in [2.75, 3.05) is 13.2 Å². The molecule has 0 aromatic heterocycles. The maximum Gasteiger partial charge on any atom is 0.276 e. The lowest BCUT2D eigenvalue weighted by atomic mass is 9.99. The molecule has 2 amide bonds.